The van der Waals surface area contributed by atoms with E-state index in [9.17, 15) is 9.59 Å². The number of ether oxygens (including phenoxy) is 2. The van der Waals surface area contributed by atoms with E-state index in [4.69, 9.17) is 21.1 Å². The Morgan fingerprint density at radius 2 is 1.48 bits per heavy atom. The number of carbonyl (C=O) groups excluding carboxylic acids is 2. The average Bonchev–Trinajstić information content (AvgIpc) is 2.69. The highest BCUT2D eigenvalue weighted by Gasteiger charge is 2.21. The van der Waals surface area contributed by atoms with Crippen LogP contribution in [0.5, 0.6) is 11.5 Å². The molecule has 4 nitrogen and oxygen atoms in total. The third-order valence-electron chi connectivity index (χ3n) is 5.02. The molecular weight excluding hydrogens is 364 g/mol. The molecule has 0 heterocycles. The quantitative estimate of drug-likeness (QED) is 0.722. The summed E-state index contributed by atoms with van der Waals surface area (Å²) in [6, 6.07) is 9.25. The molecule has 0 spiro atoms. The van der Waals surface area contributed by atoms with Gasteiger partial charge in [0.05, 0.1) is 19.2 Å². The Bertz CT molecular complexity index is 873. The van der Waals surface area contributed by atoms with Gasteiger partial charge in [0, 0.05) is 24.0 Å². The normalized spacial score (nSPS) is 15.2. The maximum atomic E-state index is 11.5. The molecule has 0 radical (unpaired) electrons. The van der Waals surface area contributed by atoms with E-state index in [2.05, 4.69) is 0 Å². The van der Waals surface area contributed by atoms with Crippen LogP contribution in [0.2, 0.25) is 5.02 Å². The standard InChI is InChI=1S/C11H11ClO2.C11H12O2/c1-14-10-6-5-7-8(11(10)12)3-2-4-9(7)13;1-13-9-5-6-10-8(7-9)3-2-4-11(10)12/h5-6H,2-4H2,1H3;5-7H,2-4H2,1H3. The van der Waals surface area contributed by atoms with Crippen molar-refractivity contribution in [3.8, 4) is 11.5 Å². The van der Waals surface area contributed by atoms with Crippen molar-refractivity contribution < 1.29 is 19.1 Å². The average molecular weight is 387 g/mol. The molecule has 27 heavy (non-hydrogen) atoms. The number of hydrogen-bond acceptors (Lipinski definition) is 4. The molecule has 0 saturated heterocycles. The second kappa shape index (κ2) is 8.57. The van der Waals surface area contributed by atoms with Gasteiger partial charge in [0.25, 0.3) is 0 Å². The van der Waals surface area contributed by atoms with Crippen LogP contribution in [0.15, 0.2) is 30.3 Å². The highest BCUT2D eigenvalue weighted by Crippen LogP contribution is 2.34. The van der Waals surface area contributed by atoms with E-state index >= 15 is 0 Å². The Morgan fingerprint density at radius 3 is 2.19 bits per heavy atom. The van der Waals surface area contributed by atoms with Crippen molar-refractivity contribution in [3.63, 3.8) is 0 Å². The summed E-state index contributed by atoms with van der Waals surface area (Å²) in [7, 11) is 3.23. The number of methoxy groups -OCH3 is 2. The largest absolute Gasteiger partial charge is 0.497 e. The summed E-state index contributed by atoms with van der Waals surface area (Å²) in [6.07, 6.45) is 5.06. The van der Waals surface area contributed by atoms with Gasteiger partial charge in [0.1, 0.15) is 11.5 Å². The van der Waals surface area contributed by atoms with E-state index in [0.717, 1.165) is 53.7 Å². The Morgan fingerprint density at radius 1 is 0.815 bits per heavy atom. The van der Waals surface area contributed by atoms with Crippen LogP contribution >= 0.6 is 11.6 Å². The summed E-state index contributed by atoms with van der Waals surface area (Å²) >= 11 is 6.11. The highest BCUT2D eigenvalue weighted by molar-refractivity contribution is 6.33. The smallest absolute Gasteiger partial charge is 0.163 e. The Kier molecular flexibility index (Phi) is 6.17. The first kappa shape index (κ1) is 19.4. The van der Waals surface area contributed by atoms with Crippen LogP contribution in [-0.2, 0) is 12.8 Å². The molecule has 4 rings (SSSR count). The molecule has 0 saturated carbocycles. The van der Waals surface area contributed by atoms with Gasteiger partial charge in [0.15, 0.2) is 11.6 Å². The van der Waals surface area contributed by atoms with E-state index in [1.807, 2.05) is 24.3 Å². The van der Waals surface area contributed by atoms with Gasteiger partial charge in [-0.25, -0.2) is 0 Å². The minimum absolute atomic E-state index is 0.191. The second-order valence-electron chi connectivity index (χ2n) is 6.68. The van der Waals surface area contributed by atoms with Crippen LogP contribution in [0.3, 0.4) is 0 Å². The molecule has 0 aliphatic heterocycles. The Balaban J connectivity index is 0.000000156. The maximum absolute atomic E-state index is 11.5. The summed E-state index contributed by atoms with van der Waals surface area (Å²) in [5.74, 6) is 1.95. The predicted octanol–water partition coefficient (Wildman–Crippen LogP) is 5.08. The fraction of sp³-hybridized carbons (Fsp3) is 0.364. The Labute approximate surface area is 164 Å². The maximum Gasteiger partial charge on any atom is 0.163 e. The van der Waals surface area contributed by atoms with Crippen molar-refractivity contribution in [1.82, 2.24) is 0 Å². The third-order valence-corrected chi connectivity index (χ3v) is 5.44. The number of carbonyl (C=O) groups is 2. The van der Waals surface area contributed by atoms with Crippen molar-refractivity contribution in [2.24, 2.45) is 0 Å². The van der Waals surface area contributed by atoms with Crippen LogP contribution < -0.4 is 9.47 Å². The zero-order valence-electron chi connectivity index (χ0n) is 15.6. The number of hydrogen-bond donors (Lipinski definition) is 0. The van der Waals surface area contributed by atoms with Crippen molar-refractivity contribution in [2.75, 3.05) is 14.2 Å². The SMILES string of the molecule is COc1ccc2c(c1)CCCC2=O.COc1ccc2c(c1Cl)CCCC2=O. The lowest BCUT2D eigenvalue weighted by Crippen LogP contribution is -2.11. The summed E-state index contributed by atoms with van der Waals surface area (Å²) in [5, 5.41) is 0.595. The number of benzene rings is 2. The number of halogens is 1. The van der Waals surface area contributed by atoms with Crippen LogP contribution in [0.25, 0.3) is 0 Å². The number of fused-ring (bicyclic) bond motifs is 2. The lowest BCUT2D eigenvalue weighted by atomic mass is 9.90. The van der Waals surface area contributed by atoms with Crippen molar-refractivity contribution in [2.45, 2.75) is 38.5 Å². The molecule has 0 atom stereocenters. The monoisotopic (exact) mass is 386 g/mol. The van der Waals surface area contributed by atoms with Crippen molar-refractivity contribution in [3.05, 3.63) is 57.6 Å². The van der Waals surface area contributed by atoms with Gasteiger partial charge < -0.3 is 9.47 Å². The first-order valence-corrected chi connectivity index (χ1v) is 9.51. The van der Waals surface area contributed by atoms with E-state index < -0.39 is 0 Å². The minimum atomic E-state index is 0.191. The summed E-state index contributed by atoms with van der Waals surface area (Å²) < 4.78 is 10.2. The van der Waals surface area contributed by atoms with Gasteiger partial charge in [-0.1, -0.05) is 11.6 Å². The number of Topliss-reactive ketones (excluding diaryl/α,β-unsaturated/α-hetero) is 2. The molecule has 0 aromatic heterocycles. The van der Waals surface area contributed by atoms with E-state index in [1.165, 1.54) is 0 Å². The molecule has 0 fully saturated rings. The van der Waals surface area contributed by atoms with Crippen molar-refractivity contribution in [1.29, 1.82) is 0 Å². The van der Waals surface area contributed by atoms with E-state index in [0.29, 0.717) is 23.6 Å². The van der Waals surface area contributed by atoms with Gasteiger partial charge in [-0.15, -0.1) is 0 Å². The van der Waals surface area contributed by atoms with Crippen LogP contribution in [0.1, 0.15) is 57.5 Å². The van der Waals surface area contributed by atoms with E-state index in [-0.39, 0.29) is 11.6 Å². The van der Waals surface area contributed by atoms with Crippen molar-refractivity contribution >= 4 is 23.2 Å². The molecule has 2 aromatic rings. The molecule has 0 unspecified atom stereocenters. The molecule has 0 N–H and O–H groups in total. The number of rotatable bonds is 2. The molecule has 0 bridgehead atoms. The number of ketones is 2. The summed E-state index contributed by atoms with van der Waals surface area (Å²) in [6.45, 7) is 0. The summed E-state index contributed by atoms with van der Waals surface area (Å²) in [5.41, 5.74) is 3.73. The van der Waals surface area contributed by atoms with Crippen LogP contribution in [-0.4, -0.2) is 25.8 Å². The molecular formula is C22H23ClO4. The first-order valence-electron chi connectivity index (χ1n) is 9.13. The predicted molar refractivity (Wildman–Crippen MR) is 106 cm³/mol. The first-order chi connectivity index (χ1) is 13.0. The fourth-order valence-corrected chi connectivity index (χ4v) is 3.91. The van der Waals surface area contributed by atoms with Gasteiger partial charge >= 0.3 is 0 Å². The third kappa shape index (κ3) is 4.16. The van der Waals surface area contributed by atoms with Gasteiger partial charge in [-0.3, -0.25) is 9.59 Å². The topological polar surface area (TPSA) is 52.6 Å². The molecule has 0 amide bonds. The molecule has 142 valence electrons. The van der Waals surface area contributed by atoms with Gasteiger partial charge in [-0.2, -0.15) is 0 Å². The van der Waals surface area contributed by atoms with Gasteiger partial charge in [-0.05, 0) is 67.1 Å². The summed E-state index contributed by atoms with van der Waals surface area (Å²) in [4.78, 5) is 23.0. The molecule has 2 aromatic carbocycles. The fourth-order valence-electron chi connectivity index (χ4n) is 3.57. The lowest BCUT2D eigenvalue weighted by molar-refractivity contribution is 0.0964. The Hall–Kier alpha value is -2.33. The second-order valence-corrected chi connectivity index (χ2v) is 7.06. The minimum Gasteiger partial charge on any atom is -0.497 e. The number of aryl methyl sites for hydroxylation is 1. The zero-order chi connectivity index (χ0) is 19.4. The zero-order valence-corrected chi connectivity index (χ0v) is 16.4. The highest BCUT2D eigenvalue weighted by atomic mass is 35.5. The van der Waals surface area contributed by atoms with Crippen LogP contribution in [0.4, 0.5) is 0 Å². The van der Waals surface area contributed by atoms with E-state index in [1.54, 1.807) is 20.3 Å². The lowest BCUT2D eigenvalue weighted by Gasteiger charge is -2.17. The molecule has 5 heteroatoms. The van der Waals surface area contributed by atoms with Gasteiger partial charge in [0.2, 0.25) is 0 Å². The molecule has 2 aliphatic rings. The van der Waals surface area contributed by atoms with Crippen LogP contribution in [0, 0.1) is 0 Å². The molecule has 2 aliphatic carbocycles.